The molecule has 2 aliphatic rings. The highest BCUT2D eigenvalue weighted by atomic mass is 19.4. The van der Waals surface area contributed by atoms with Crippen LogP contribution < -0.4 is 20.2 Å². The fraction of sp³-hybridized carbons (Fsp3) is 0.389. The Hall–Kier alpha value is -5.29. The lowest BCUT2D eigenvalue weighted by Crippen LogP contribution is -2.46. The Morgan fingerprint density at radius 1 is 0.925 bits per heavy atom. The first-order valence-corrected chi connectivity index (χ1v) is 17.2. The molecule has 0 saturated carbocycles. The molecule has 7 rings (SSSR count). The molecule has 2 aliphatic heterocycles. The molecule has 3 atom stereocenters. The van der Waals surface area contributed by atoms with E-state index in [0.29, 0.717) is 11.8 Å². The van der Waals surface area contributed by atoms with Crippen LogP contribution in [0.1, 0.15) is 37.7 Å². The van der Waals surface area contributed by atoms with Crippen molar-refractivity contribution in [3.8, 4) is 11.4 Å². The van der Waals surface area contributed by atoms with Gasteiger partial charge in [-0.1, -0.05) is 6.92 Å². The second kappa shape index (κ2) is 14.6. The molecule has 17 heteroatoms. The van der Waals surface area contributed by atoms with Gasteiger partial charge in [-0.2, -0.15) is 18.3 Å². The van der Waals surface area contributed by atoms with Crippen molar-refractivity contribution >= 4 is 11.4 Å². The van der Waals surface area contributed by atoms with Crippen molar-refractivity contribution in [3.63, 3.8) is 0 Å². The second-order valence-corrected chi connectivity index (χ2v) is 13.0. The van der Waals surface area contributed by atoms with Crippen LogP contribution in [0.25, 0.3) is 5.69 Å². The molecule has 0 N–H and O–H groups in total. The molecule has 0 bridgehead atoms. The van der Waals surface area contributed by atoms with Crippen LogP contribution >= 0.6 is 0 Å². The molecule has 2 fully saturated rings. The van der Waals surface area contributed by atoms with Gasteiger partial charge in [0.2, 0.25) is 5.79 Å². The summed E-state index contributed by atoms with van der Waals surface area (Å²) in [6, 6.07) is 18.2. The Morgan fingerprint density at radius 2 is 1.57 bits per heavy atom. The summed E-state index contributed by atoms with van der Waals surface area (Å²) in [6.45, 7) is 6.58. The van der Waals surface area contributed by atoms with Gasteiger partial charge in [-0.3, -0.25) is 0 Å². The van der Waals surface area contributed by atoms with Crippen molar-refractivity contribution in [1.82, 2.24) is 29.1 Å². The number of anilines is 2. The first kappa shape index (κ1) is 36.1. The Balaban J connectivity index is 0.939. The average molecular weight is 741 g/mol. The van der Waals surface area contributed by atoms with Gasteiger partial charge in [-0.15, -0.1) is 5.10 Å². The van der Waals surface area contributed by atoms with E-state index >= 15 is 0 Å². The number of alkyl halides is 3. The van der Waals surface area contributed by atoms with E-state index in [9.17, 15) is 26.7 Å². The van der Waals surface area contributed by atoms with Crippen molar-refractivity contribution < 1.29 is 36.2 Å². The monoisotopic (exact) mass is 740 g/mol. The quantitative estimate of drug-likeness (QED) is 0.161. The summed E-state index contributed by atoms with van der Waals surface area (Å²) >= 11 is 0. The average Bonchev–Trinajstić information content (AvgIpc) is 3.90. The zero-order chi connectivity index (χ0) is 37.3. The molecule has 4 heterocycles. The van der Waals surface area contributed by atoms with E-state index in [4.69, 9.17) is 14.2 Å². The number of rotatable bonds is 11. The molecule has 0 amide bonds. The molecule has 0 radical (unpaired) electrons. The summed E-state index contributed by atoms with van der Waals surface area (Å²) in [5.74, 6) is -4.56. The van der Waals surface area contributed by atoms with Crippen molar-refractivity contribution in [2.24, 2.45) is 0 Å². The summed E-state index contributed by atoms with van der Waals surface area (Å²) in [7, 11) is 0. The number of halogens is 5. The number of aromatic nitrogens is 6. The lowest BCUT2D eigenvalue weighted by molar-refractivity contribution is -0.193. The van der Waals surface area contributed by atoms with Crippen molar-refractivity contribution in [3.05, 3.63) is 113 Å². The Morgan fingerprint density at radius 3 is 2.17 bits per heavy atom. The van der Waals surface area contributed by atoms with E-state index in [0.717, 1.165) is 72.8 Å². The summed E-state index contributed by atoms with van der Waals surface area (Å²) in [4.78, 5) is 20.6. The highest BCUT2D eigenvalue weighted by Crippen LogP contribution is 2.38. The van der Waals surface area contributed by atoms with Crippen LogP contribution in [0.2, 0.25) is 0 Å². The SMILES string of the molecule is CCC(C)n1ncn(-c2ccc(N3CCN(c4ccc(OCC5COC(Cn6cnc(C(F)(F)F)n6)(c6ccc(F)cc6F)O5)cc4)CC3)cc2)c1=O. The van der Waals surface area contributed by atoms with Gasteiger partial charge in [0.15, 0.2) is 0 Å². The zero-order valence-electron chi connectivity index (χ0n) is 28.9. The van der Waals surface area contributed by atoms with E-state index in [-0.39, 0.29) is 30.5 Å². The molecule has 2 aromatic heterocycles. The summed E-state index contributed by atoms with van der Waals surface area (Å²) in [5.41, 5.74) is 2.48. The number of benzene rings is 3. The molecule has 2 saturated heterocycles. The molecule has 0 spiro atoms. The van der Waals surface area contributed by atoms with Crippen LogP contribution in [0.4, 0.5) is 33.3 Å². The zero-order valence-corrected chi connectivity index (χ0v) is 28.9. The van der Waals surface area contributed by atoms with Gasteiger partial charge in [0.05, 0.1) is 18.3 Å². The van der Waals surface area contributed by atoms with E-state index in [1.807, 2.05) is 62.4 Å². The Bertz CT molecular complexity index is 2080. The first-order chi connectivity index (χ1) is 25.4. The number of hydrogen-bond donors (Lipinski definition) is 0. The normalized spacial score (nSPS) is 19.9. The van der Waals surface area contributed by atoms with Gasteiger partial charge in [0.1, 0.15) is 49.3 Å². The predicted molar refractivity (Wildman–Crippen MR) is 183 cm³/mol. The fourth-order valence-corrected chi connectivity index (χ4v) is 6.43. The van der Waals surface area contributed by atoms with Crippen molar-refractivity contribution in [2.75, 3.05) is 49.2 Å². The highest BCUT2D eigenvalue weighted by molar-refractivity contribution is 5.54. The van der Waals surface area contributed by atoms with E-state index in [1.54, 1.807) is 10.9 Å². The minimum atomic E-state index is -4.78. The van der Waals surface area contributed by atoms with Gasteiger partial charge in [-0.25, -0.2) is 32.5 Å². The number of piperazine rings is 1. The van der Waals surface area contributed by atoms with Crippen LogP contribution in [0.5, 0.6) is 5.75 Å². The molecule has 53 heavy (non-hydrogen) atoms. The second-order valence-electron chi connectivity index (χ2n) is 13.0. The summed E-state index contributed by atoms with van der Waals surface area (Å²) in [5, 5.41) is 7.71. The smallest absolute Gasteiger partial charge is 0.453 e. The van der Waals surface area contributed by atoms with E-state index in [2.05, 4.69) is 25.0 Å². The fourth-order valence-electron chi connectivity index (χ4n) is 6.43. The maximum atomic E-state index is 15.0. The number of ether oxygens (including phenoxy) is 3. The van der Waals surface area contributed by atoms with E-state index in [1.165, 1.54) is 4.68 Å². The Kier molecular flexibility index (Phi) is 9.95. The summed E-state index contributed by atoms with van der Waals surface area (Å²) in [6.07, 6.45) is -2.31. The van der Waals surface area contributed by atoms with Crippen molar-refractivity contribution in [2.45, 2.75) is 50.9 Å². The van der Waals surface area contributed by atoms with E-state index < -0.39 is 42.1 Å². The first-order valence-electron chi connectivity index (χ1n) is 17.2. The third-order valence-electron chi connectivity index (χ3n) is 9.47. The minimum absolute atomic E-state index is 0.0125. The molecular formula is C36H37F5N8O4. The molecular weight excluding hydrogens is 703 g/mol. The van der Waals surface area contributed by atoms with Crippen LogP contribution in [0.3, 0.4) is 0 Å². The van der Waals surface area contributed by atoms with Crippen LogP contribution in [-0.2, 0) is 28.0 Å². The molecule has 0 aliphatic carbocycles. The van der Waals surface area contributed by atoms with Gasteiger partial charge in [0, 0.05) is 49.2 Å². The van der Waals surface area contributed by atoms with Crippen LogP contribution in [0, 0.1) is 11.6 Å². The number of nitrogens with zero attached hydrogens (tertiary/aromatic N) is 8. The van der Waals surface area contributed by atoms with Gasteiger partial charge >= 0.3 is 11.9 Å². The maximum Gasteiger partial charge on any atom is 0.453 e. The third-order valence-corrected chi connectivity index (χ3v) is 9.47. The molecule has 12 nitrogen and oxygen atoms in total. The molecule has 280 valence electrons. The maximum absolute atomic E-state index is 15.0. The van der Waals surface area contributed by atoms with Crippen LogP contribution in [0.15, 0.2) is 84.2 Å². The highest BCUT2D eigenvalue weighted by Gasteiger charge is 2.47. The molecule has 5 aromatic rings. The van der Waals surface area contributed by atoms with Gasteiger partial charge < -0.3 is 24.0 Å². The molecule has 3 unspecified atom stereocenters. The Labute approximate surface area is 300 Å². The van der Waals surface area contributed by atoms with Gasteiger partial charge in [-0.05, 0) is 74.0 Å². The van der Waals surface area contributed by atoms with Crippen LogP contribution in [-0.4, -0.2) is 74.6 Å². The predicted octanol–water partition coefficient (Wildman–Crippen LogP) is 5.57. The third kappa shape index (κ3) is 7.62. The standard InChI is InChI=1S/C36H37F5N8O4/c1-3-24(2)49-34(50)48(23-43-49)28-7-5-26(6-8-28)45-14-16-46(17-15-45)27-9-11-29(12-10-27)51-19-30-20-52-35(53-30,31-13-4-25(37)18-32(31)38)21-47-22-42-33(44-47)36(39,40)41/h4-13,18,22-24,30H,3,14-17,19-21H2,1-2H3. The lowest BCUT2D eigenvalue weighted by Gasteiger charge is -2.37. The lowest BCUT2D eigenvalue weighted by atomic mass is 10.0. The largest absolute Gasteiger partial charge is 0.491 e. The van der Waals surface area contributed by atoms with Gasteiger partial charge in [0.25, 0.3) is 5.82 Å². The summed E-state index contributed by atoms with van der Waals surface area (Å²) < 4.78 is 89.9. The number of hydrogen-bond acceptors (Lipinski definition) is 9. The van der Waals surface area contributed by atoms with Crippen molar-refractivity contribution in [1.29, 1.82) is 0 Å². The topological polar surface area (TPSA) is 105 Å². The minimum Gasteiger partial charge on any atom is -0.491 e. The molecule has 3 aromatic carbocycles.